The normalized spacial score (nSPS) is 14.1. The standard InChI is InChI=1S/C21H27N3O5S.ClH/c1-30(27,28)24-16-7-5-15(6-8-16)11-12-22-13-17(25)14-29-20-4-2-3-19-18(20)9-10-21(26)23-19;/h2-8,17,22,24-25H,9-14H2,1H3,(H,23,26);1H. The quantitative estimate of drug-likeness (QED) is 0.395. The van der Waals surface area contributed by atoms with E-state index in [4.69, 9.17) is 4.74 Å². The number of carbonyl (C=O) groups excluding carboxylic acids is 1. The minimum atomic E-state index is -3.27. The summed E-state index contributed by atoms with van der Waals surface area (Å²) in [6.45, 7) is 1.21. The Kier molecular flexibility index (Phi) is 9.12. The smallest absolute Gasteiger partial charge is 0.229 e. The maximum Gasteiger partial charge on any atom is 0.229 e. The number of fused-ring (bicyclic) bond motifs is 1. The van der Waals surface area contributed by atoms with E-state index < -0.39 is 16.1 Å². The van der Waals surface area contributed by atoms with Crippen LogP contribution >= 0.6 is 12.4 Å². The largest absolute Gasteiger partial charge is 0.490 e. The Labute approximate surface area is 188 Å². The molecule has 0 aliphatic carbocycles. The second-order valence-electron chi connectivity index (χ2n) is 7.32. The Morgan fingerprint density at radius 3 is 2.61 bits per heavy atom. The Hall–Kier alpha value is -2.33. The second kappa shape index (κ2) is 11.3. The Bertz CT molecular complexity index is 983. The van der Waals surface area contributed by atoms with Crippen LogP contribution in [0.15, 0.2) is 42.5 Å². The molecule has 1 atom stereocenters. The summed E-state index contributed by atoms with van der Waals surface area (Å²) >= 11 is 0. The summed E-state index contributed by atoms with van der Waals surface area (Å²) in [4.78, 5) is 11.5. The van der Waals surface area contributed by atoms with Crippen LogP contribution in [0.5, 0.6) is 5.75 Å². The Balaban J connectivity index is 0.00000341. The zero-order valence-corrected chi connectivity index (χ0v) is 18.9. The van der Waals surface area contributed by atoms with Crippen LogP contribution in [0.3, 0.4) is 0 Å². The first-order chi connectivity index (χ1) is 14.3. The summed E-state index contributed by atoms with van der Waals surface area (Å²) < 4.78 is 30.6. The zero-order chi connectivity index (χ0) is 21.6. The van der Waals surface area contributed by atoms with Gasteiger partial charge in [0.15, 0.2) is 0 Å². The molecule has 8 nitrogen and oxygen atoms in total. The van der Waals surface area contributed by atoms with Crippen molar-refractivity contribution in [1.82, 2.24) is 5.32 Å². The fourth-order valence-electron chi connectivity index (χ4n) is 3.23. The van der Waals surface area contributed by atoms with E-state index in [9.17, 15) is 18.3 Å². The summed E-state index contributed by atoms with van der Waals surface area (Å²) in [5, 5.41) is 16.2. The van der Waals surface area contributed by atoms with Crippen LogP contribution in [0, 0.1) is 0 Å². The molecule has 1 heterocycles. The molecule has 0 fully saturated rings. The number of hydrogen-bond acceptors (Lipinski definition) is 6. The van der Waals surface area contributed by atoms with Crippen molar-refractivity contribution >= 4 is 39.7 Å². The molecule has 0 bridgehead atoms. The van der Waals surface area contributed by atoms with Crippen molar-refractivity contribution in [3.63, 3.8) is 0 Å². The number of carbonyl (C=O) groups is 1. The van der Waals surface area contributed by atoms with Gasteiger partial charge < -0.3 is 20.5 Å². The number of aliphatic hydroxyl groups is 1. The van der Waals surface area contributed by atoms with E-state index in [-0.39, 0.29) is 24.9 Å². The number of amides is 1. The number of aliphatic hydroxyl groups excluding tert-OH is 1. The number of rotatable bonds is 10. The van der Waals surface area contributed by atoms with Crippen LogP contribution in [0.25, 0.3) is 0 Å². The van der Waals surface area contributed by atoms with Gasteiger partial charge in [-0.25, -0.2) is 8.42 Å². The fourth-order valence-corrected chi connectivity index (χ4v) is 3.79. The molecule has 3 rings (SSSR count). The van der Waals surface area contributed by atoms with E-state index in [2.05, 4.69) is 15.4 Å². The van der Waals surface area contributed by atoms with E-state index in [1.54, 1.807) is 12.1 Å². The molecule has 170 valence electrons. The van der Waals surface area contributed by atoms with Gasteiger partial charge in [0.05, 0.1) is 6.26 Å². The average molecular weight is 470 g/mol. The molecule has 1 unspecified atom stereocenters. The van der Waals surface area contributed by atoms with Crippen LogP contribution < -0.4 is 20.1 Å². The number of ether oxygens (including phenoxy) is 1. The van der Waals surface area contributed by atoms with Gasteiger partial charge in [0, 0.05) is 29.9 Å². The van der Waals surface area contributed by atoms with E-state index in [0.717, 1.165) is 29.5 Å². The molecular formula is C21H28ClN3O5S. The van der Waals surface area contributed by atoms with Crippen LogP contribution in [-0.2, 0) is 27.7 Å². The van der Waals surface area contributed by atoms with Gasteiger partial charge in [-0.1, -0.05) is 18.2 Å². The molecule has 1 aliphatic heterocycles. The van der Waals surface area contributed by atoms with Crippen molar-refractivity contribution in [3.8, 4) is 5.75 Å². The van der Waals surface area contributed by atoms with Gasteiger partial charge in [-0.05, 0) is 49.2 Å². The van der Waals surface area contributed by atoms with Gasteiger partial charge in [-0.15, -0.1) is 12.4 Å². The zero-order valence-electron chi connectivity index (χ0n) is 17.3. The van der Waals surface area contributed by atoms with Crippen molar-refractivity contribution in [3.05, 3.63) is 53.6 Å². The topological polar surface area (TPSA) is 117 Å². The number of halogens is 1. The molecule has 31 heavy (non-hydrogen) atoms. The number of anilines is 2. The van der Waals surface area contributed by atoms with Crippen molar-refractivity contribution in [2.45, 2.75) is 25.4 Å². The third kappa shape index (κ3) is 8.02. The van der Waals surface area contributed by atoms with Gasteiger partial charge in [0.25, 0.3) is 0 Å². The predicted octanol–water partition coefficient (Wildman–Crippen LogP) is 1.94. The van der Waals surface area contributed by atoms with E-state index in [1.165, 1.54) is 0 Å². The SMILES string of the molecule is CS(=O)(=O)Nc1ccc(CCNCC(O)COc2cccc3c2CCC(=O)N3)cc1.Cl. The number of benzene rings is 2. The highest BCUT2D eigenvalue weighted by Gasteiger charge is 2.18. The van der Waals surface area contributed by atoms with Crippen LogP contribution in [0.4, 0.5) is 11.4 Å². The minimum absolute atomic E-state index is 0. The maximum absolute atomic E-state index is 11.5. The summed E-state index contributed by atoms with van der Waals surface area (Å²) in [5.41, 5.74) is 3.33. The first-order valence-corrected chi connectivity index (χ1v) is 11.7. The summed E-state index contributed by atoms with van der Waals surface area (Å²) in [5.74, 6) is 0.694. The molecule has 0 spiro atoms. The van der Waals surface area contributed by atoms with Gasteiger partial charge >= 0.3 is 0 Å². The lowest BCUT2D eigenvalue weighted by Crippen LogP contribution is -2.32. The Morgan fingerprint density at radius 2 is 1.90 bits per heavy atom. The lowest BCUT2D eigenvalue weighted by Gasteiger charge is -2.21. The third-order valence-electron chi connectivity index (χ3n) is 4.67. The van der Waals surface area contributed by atoms with Gasteiger partial charge in [0.2, 0.25) is 15.9 Å². The Morgan fingerprint density at radius 1 is 1.16 bits per heavy atom. The average Bonchev–Trinajstić information content (AvgIpc) is 2.69. The highest BCUT2D eigenvalue weighted by Crippen LogP contribution is 2.31. The lowest BCUT2D eigenvalue weighted by molar-refractivity contribution is -0.116. The molecular weight excluding hydrogens is 442 g/mol. The van der Waals surface area contributed by atoms with Crippen molar-refractivity contribution in [1.29, 1.82) is 0 Å². The van der Waals surface area contributed by atoms with Crippen molar-refractivity contribution in [2.24, 2.45) is 0 Å². The molecule has 1 amide bonds. The molecule has 0 saturated heterocycles. The summed E-state index contributed by atoms with van der Waals surface area (Å²) in [6, 6.07) is 12.7. The molecule has 4 N–H and O–H groups in total. The van der Waals surface area contributed by atoms with E-state index >= 15 is 0 Å². The minimum Gasteiger partial charge on any atom is -0.490 e. The number of hydrogen-bond donors (Lipinski definition) is 4. The molecule has 10 heteroatoms. The van der Waals surface area contributed by atoms with Crippen molar-refractivity contribution < 1.29 is 23.1 Å². The molecule has 0 radical (unpaired) electrons. The molecule has 2 aromatic rings. The first-order valence-electron chi connectivity index (χ1n) is 9.80. The summed E-state index contributed by atoms with van der Waals surface area (Å²) in [6.07, 6.45) is 2.26. The second-order valence-corrected chi connectivity index (χ2v) is 9.07. The predicted molar refractivity (Wildman–Crippen MR) is 124 cm³/mol. The van der Waals surface area contributed by atoms with Crippen LogP contribution in [0.1, 0.15) is 17.5 Å². The third-order valence-corrected chi connectivity index (χ3v) is 5.27. The molecule has 2 aromatic carbocycles. The van der Waals surface area contributed by atoms with Crippen molar-refractivity contribution in [2.75, 3.05) is 36.0 Å². The number of sulfonamides is 1. The van der Waals surface area contributed by atoms with Crippen LogP contribution in [-0.4, -0.2) is 51.5 Å². The molecule has 0 aromatic heterocycles. The van der Waals surface area contributed by atoms with Gasteiger partial charge in [0.1, 0.15) is 18.5 Å². The monoisotopic (exact) mass is 469 g/mol. The molecule has 1 aliphatic rings. The van der Waals surface area contributed by atoms with Gasteiger partial charge in [-0.3, -0.25) is 9.52 Å². The van der Waals surface area contributed by atoms with Gasteiger partial charge in [-0.2, -0.15) is 0 Å². The maximum atomic E-state index is 11.5. The fraction of sp³-hybridized carbons (Fsp3) is 0.381. The number of nitrogens with one attached hydrogen (secondary N) is 3. The van der Waals surface area contributed by atoms with Crippen LogP contribution in [0.2, 0.25) is 0 Å². The summed E-state index contributed by atoms with van der Waals surface area (Å²) in [7, 11) is -3.27. The highest BCUT2D eigenvalue weighted by molar-refractivity contribution is 7.92. The highest BCUT2D eigenvalue weighted by atomic mass is 35.5. The first kappa shape index (κ1) is 24.9. The molecule has 0 saturated carbocycles. The van der Waals surface area contributed by atoms with E-state index in [0.29, 0.717) is 37.4 Å². The lowest BCUT2D eigenvalue weighted by atomic mass is 10.0. The van der Waals surface area contributed by atoms with E-state index in [1.807, 2.05) is 30.3 Å².